The Labute approximate surface area is 87.3 Å². The number of nitrogens with one attached hydrogen (secondary N) is 1. The van der Waals surface area contributed by atoms with Crippen LogP contribution in [0.2, 0.25) is 0 Å². The lowest BCUT2D eigenvalue weighted by Crippen LogP contribution is -2.23. The summed E-state index contributed by atoms with van der Waals surface area (Å²) in [5.74, 6) is 0.166. The molecule has 0 fully saturated rings. The van der Waals surface area contributed by atoms with E-state index in [-0.39, 0.29) is 18.0 Å². The van der Waals surface area contributed by atoms with Crippen molar-refractivity contribution in [2.75, 3.05) is 5.32 Å². The van der Waals surface area contributed by atoms with E-state index < -0.39 is 0 Å². The average molecular weight is 291 g/mol. The van der Waals surface area contributed by atoms with E-state index in [4.69, 9.17) is 0 Å². The van der Waals surface area contributed by atoms with Crippen LogP contribution >= 0.6 is 22.6 Å². The molecule has 2 rings (SSSR count). The number of rotatable bonds is 0. The average Bonchev–Trinajstić information content (AvgIpc) is 2.42. The number of aryl methyl sites for hydroxylation is 1. The van der Waals surface area contributed by atoms with E-state index in [0.29, 0.717) is 15.2 Å². The van der Waals surface area contributed by atoms with Gasteiger partial charge in [-0.25, -0.2) is 4.98 Å². The summed E-state index contributed by atoms with van der Waals surface area (Å²) in [6.45, 7) is 1.83. The molecule has 0 unspecified atom stereocenters. The van der Waals surface area contributed by atoms with Crippen LogP contribution in [0.4, 0.5) is 5.95 Å². The van der Waals surface area contributed by atoms with E-state index >= 15 is 0 Å². The molecule has 0 aliphatic carbocycles. The molecule has 6 heteroatoms. The van der Waals surface area contributed by atoms with Crippen LogP contribution in [0.1, 0.15) is 5.69 Å². The number of halogens is 1. The summed E-state index contributed by atoms with van der Waals surface area (Å²) < 4.78 is 1.91. The minimum atomic E-state index is -0.189. The molecule has 5 nitrogen and oxygen atoms in total. The van der Waals surface area contributed by atoms with E-state index in [9.17, 15) is 9.59 Å². The Morgan fingerprint density at radius 3 is 2.92 bits per heavy atom. The Morgan fingerprint density at radius 1 is 1.54 bits per heavy atom. The van der Waals surface area contributed by atoms with Gasteiger partial charge in [0.25, 0.3) is 5.56 Å². The summed E-state index contributed by atoms with van der Waals surface area (Å²) in [5.41, 5.74) is 0.500. The van der Waals surface area contributed by atoms with Crippen LogP contribution in [0.15, 0.2) is 4.79 Å². The smallest absolute Gasteiger partial charge is 0.269 e. The molecular weight excluding hydrogens is 285 g/mol. The van der Waals surface area contributed by atoms with Crippen LogP contribution in [-0.2, 0) is 11.3 Å². The number of amides is 1. The molecule has 13 heavy (non-hydrogen) atoms. The maximum absolute atomic E-state index is 11.6. The number of fused-ring (bicyclic) bond motifs is 1. The van der Waals surface area contributed by atoms with Gasteiger partial charge in [0.15, 0.2) is 0 Å². The molecule has 0 spiro atoms. The van der Waals surface area contributed by atoms with E-state index in [1.54, 1.807) is 6.92 Å². The number of hydrogen-bond acceptors (Lipinski definition) is 3. The van der Waals surface area contributed by atoms with Crippen LogP contribution in [0.25, 0.3) is 0 Å². The van der Waals surface area contributed by atoms with E-state index in [1.807, 2.05) is 22.6 Å². The topological polar surface area (TPSA) is 64.0 Å². The molecule has 0 bridgehead atoms. The zero-order valence-electron chi connectivity index (χ0n) is 6.80. The fourth-order valence-corrected chi connectivity index (χ4v) is 1.60. The van der Waals surface area contributed by atoms with Crippen molar-refractivity contribution in [2.24, 2.45) is 0 Å². The van der Waals surface area contributed by atoms with Crippen LogP contribution in [0.3, 0.4) is 0 Å². The van der Waals surface area contributed by atoms with Crippen molar-refractivity contribution in [3.8, 4) is 0 Å². The first-order valence-electron chi connectivity index (χ1n) is 3.66. The number of aromatic nitrogens is 2. The van der Waals surface area contributed by atoms with Crippen LogP contribution < -0.4 is 10.9 Å². The SMILES string of the molecule is Cc1nc2n(c(=O)c1I)CC(=O)N2. The number of hydrogen-bond donors (Lipinski definition) is 1. The minimum absolute atomic E-state index is 0.0808. The highest BCUT2D eigenvalue weighted by atomic mass is 127. The largest absolute Gasteiger partial charge is 0.294 e. The predicted octanol–water partition coefficient (Wildman–Crippen LogP) is 0.108. The number of nitrogens with zero attached hydrogens (tertiary/aromatic N) is 2. The number of anilines is 1. The molecule has 0 atom stereocenters. The molecular formula is C7H6IN3O2. The van der Waals surface area contributed by atoms with Crippen molar-refractivity contribution in [3.63, 3.8) is 0 Å². The molecule has 68 valence electrons. The first-order chi connectivity index (χ1) is 6.09. The molecule has 2 heterocycles. The molecule has 0 saturated carbocycles. The fraction of sp³-hybridized carbons (Fsp3) is 0.286. The van der Waals surface area contributed by atoms with Crippen molar-refractivity contribution >= 4 is 34.4 Å². The van der Waals surface area contributed by atoms with Gasteiger partial charge in [-0.3, -0.25) is 19.5 Å². The van der Waals surface area contributed by atoms with E-state index in [2.05, 4.69) is 10.3 Å². The monoisotopic (exact) mass is 291 g/mol. The quantitative estimate of drug-likeness (QED) is 0.690. The Kier molecular flexibility index (Phi) is 1.86. The van der Waals surface area contributed by atoms with Gasteiger partial charge in [-0.2, -0.15) is 0 Å². The summed E-state index contributed by atoms with van der Waals surface area (Å²) >= 11 is 1.93. The van der Waals surface area contributed by atoms with Gasteiger partial charge in [0.2, 0.25) is 11.9 Å². The lowest BCUT2D eigenvalue weighted by molar-refractivity contribution is -0.115. The van der Waals surface area contributed by atoms with Gasteiger partial charge in [0, 0.05) is 0 Å². The highest BCUT2D eigenvalue weighted by molar-refractivity contribution is 14.1. The Bertz CT molecular complexity index is 452. The Balaban J connectivity index is 2.74. The van der Waals surface area contributed by atoms with Crippen molar-refractivity contribution in [1.82, 2.24) is 9.55 Å². The molecule has 0 aromatic carbocycles. The van der Waals surface area contributed by atoms with Crippen LogP contribution in [-0.4, -0.2) is 15.5 Å². The predicted molar refractivity (Wildman–Crippen MR) is 54.6 cm³/mol. The first-order valence-corrected chi connectivity index (χ1v) is 4.74. The first kappa shape index (κ1) is 8.67. The Hall–Kier alpha value is -0.920. The maximum Gasteiger partial charge on any atom is 0.269 e. The lowest BCUT2D eigenvalue weighted by Gasteiger charge is -2.02. The standard InChI is InChI=1S/C7H6IN3O2/c1-3-5(8)6(13)11-2-4(12)10-7(11)9-3/h2H2,1H3,(H,9,10,12). The highest BCUT2D eigenvalue weighted by Gasteiger charge is 2.21. The summed E-state index contributed by atoms with van der Waals surface area (Å²) in [4.78, 5) is 26.6. The van der Waals surface area contributed by atoms with E-state index in [0.717, 1.165) is 0 Å². The maximum atomic E-state index is 11.6. The highest BCUT2D eigenvalue weighted by Crippen LogP contribution is 2.12. The second kappa shape index (κ2) is 2.79. The van der Waals surface area contributed by atoms with Gasteiger partial charge < -0.3 is 0 Å². The zero-order valence-corrected chi connectivity index (χ0v) is 8.95. The normalized spacial score (nSPS) is 14.2. The fourth-order valence-electron chi connectivity index (χ4n) is 1.19. The third-order valence-electron chi connectivity index (χ3n) is 1.83. The summed E-state index contributed by atoms with van der Waals surface area (Å²) in [5, 5.41) is 2.52. The third-order valence-corrected chi connectivity index (χ3v) is 3.07. The lowest BCUT2D eigenvalue weighted by atomic mass is 10.4. The molecule has 1 aliphatic rings. The van der Waals surface area contributed by atoms with E-state index in [1.165, 1.54) is 4.57 Å². The van der Waals surface area contributed by atoms with Gasteiger partial charge in [-0.15, -0.1) is 0 Å². The minimum Gasteiger partial charge on any atom is -0.294 e. The molecule has 0 saturated heterocycles. The summed E-state index contributed by atoms with van der Waals surface area (Å²) in [6.07, 6.45) is 0. The second-order valence-electron chi connectivity index (χ2n) is 2.77. The molecule has 1 amide bonds. The Morgan fingerprint density at radius 2 is 2.23 bits per heavy atom. The molecule has 0 radical (unpaired) electrons. The van der Waals surface area contributed by atoms with Crippen LogP contribution in [0, 0.1) is 10.5 Å². The van der Waals surface area contributed by atoms with Crippen molar-refractivity contribution < 1.29 is 4.79 Å². The molecule has 1 aliphatic heterocycles. The van der Waals surface area contributed by atoms with Crippen molar-refractivity contribution in [2.45, 2.75) is 13.5 Å². The van der Waals surface area contributed by atoms with Gasteiger partial charge in [0.1, 0.15) is 6.54 Å². The molecule has 1 aromatic heterocycles. The second-order valence-corrected chi connectivity index (χ2v) is 3.85. The number of carbonyl (C=O) groups is 1. The van der Waals surface area contributed by atoms with Gasteiger partial charge in [-0.1, -0.05) is 0 Å². The number of carbonyl (C=O) groups excluding carboxylic acids is 1. The van der Waals surface area contributed by atoms with Crippen molar-refractivity contribution in [1.29, 1.82) is 0 Å². The van der Waals surface area contributed by atoms with Crippen LogP contribution in [0.5, 0.6) is 0 Å². The van der Waals surface area contributed by atoms with Crippen molar-refractivity contribution in [3.05, 3.63) is 19.6 Å². The van der Waals surface area contributed by atoms with Gasteiger partial charge in [-0.05, 0) is 29.5 Å². The summed E-state index contributed by atoms with van der Waals surface area (Å²) in [7, 11) is 0. The van der Waals surface area contributed by atoms with Gasteiger partial charge >= 0.3 is 0 Å². The van der Waals surface area contributed by atoms with Gasteiger partial charge in [0.05, 0.1) is 9.26 Å². The molecule has 1 N–H and O–H groups in total. The summed E-state index contributed by atoms with van der Waals surface area (Å²) in [6, 6.07) is 0. The molecule has 1 aromatic rings. The third kappa shape index (κ3) is 1.25. The zero-order chi connectivity index (χ0) is 9.59.